The van der Waals surface area contributed by atoms with E-state index >= 15 is 0 Å². The van der Waals surface area contributed by atoms with Crippen LogP contribution in [0.4, 0.5) is 10.5 Å². The van der Waals surface area contributed by atoms with Gasteiger partial charge in [-0.25, -0.2) is 4.79 Å². The molecule has 0 aliphatic rings. The van der Waals surface area contributed by atoms with E-state index in [4.69, 9.17) is 0 Å². The molecule has 0 spiro atoms. The topological polar surface area (TPSA) is 61.4 Å². The second-order valence-corrected chi connectivity index (χ2v) is 8.94. The number of anilines is 1. The predicted octanol–water partition coefficient (Wildman–Crippen LogP) is 8.56. The summed E-state index contributed by atoms with van der Waals surface area (Å²) in [7, 11) is 0. The molecule has 0 atom stereocenters. The van der Waals surface area contributed by atoms with Gasteiger partial charge in [-0.05, 0) is 18.6 Å². The summed E-state index contributed by atoms with van der Waals surface area (Å²) >= 11 is 0. The van der Waals surface area contributed by atoms with Gasteiger partial charge in [0.05, 0.1) is 0 Å². The largest absolute Gasteiger partial charge is 0.508 e. The van der Waals surface area contributed by atoms with Gasteiger partial charge in [-0.15, -0.1) is 0 Å². The zero-order valence-electron chi connectivity index (χ0n) is 20.1. The van der Waals surface area contributed by atoms with Crippen molar-refractivity contribution in [2.24, 2.45) is 0 Å². The zero-order valence-corrected chi connectivity index (χ0v) is 20.1. The predicted molar refractivity (Wildman–Crippen MR) is 134 cm³/mol. The maximum atomic E-state index is 11.8. The number of aromatic hydroxyl groups is 1. The van der Waals surface area contributed by atoms with Crippen molar-refractivity contribution >= 4 is 11.7 Å². The molecule has 0 aromatic heterocycles. The molecule has 0 bridgehead atoms. The molecule has 0 unspecified atom stereocenters. The fourth-order valence-corrected chi connectivity index (χ4v) is 3.99. The van der Waals surface area contributed by atoms with Gasteiger partial charge in [-0.1, -0.05) is 122 Å². The van der Waals surface area contributed by atoms with E-state index in [-0.39, 0.29) is 11.8 Å². The lowest BCUT2D eigenvalue weighted by molar-refractivity contribution is 0.252. The van der Waals surface area contributed by atoms with Crippen LogP contribution in [-0.4, -0.2) is 17.7 Å². The number of phenols is 1. The maximum absolute atomic E-state index is 11.8. The average Bonchev–Trinajstić information content (AvgIpc) is 2.75. The zero-order chi connectivity index (χ0) is 22.4. The van der Waals surface area contributed by atoms with Crippen molar-refractivity contribution < 1.29 is 9.90 Å². The van der Waals surface area contributed by atoms with Gasteiger partial charge in [0, 0.05) is 18.3 Å². The van der Waals surface area contributed by atoms with Gasteiger partial charge in [-0.3, -0.25) is 0 Å². The minimum absolute atomic E-state index is 0.154. The SMILES string of the molecule is CCCCCCCCCCCCCCCCCCCCNC(=O)Nc1cccc(O)c1. The molecular formula is C27H48N2O2. The van der Waals surface area contributed by atoms with E-state index in [1.165, 1.54) is 115 Å². The fourth-order valence-electron chi connectivity index (χ4n) is 3.99. The lowest BCUT2D eigenvalue weighted by atomic mass is 10.0. The van der Waals surface area contributed by atoms with Crippen LogP contribution in [0.1, 0.15) is 122 Å². The molecule has 4 nitrogen and oxygen atoms in total. The van der Waals surface area contributed by atoms with E-state index in [9.17, 15) is 9.90 Å². The van der Waals surface area contributed by atoms with Crippen molar-refractivity contribution in [1.29, 1.82) is 0 Å². The summed E-state index contributed by atoms with van der Waals surface area (Å²) in [6, 6.07) is 6.38. The number of unbranched alkanes of at least 4 members (excludes halogenated alkanes) is 17. The van der Waals surface area contributed by atoms with Gasteiger partial charge in [-0.2, -0.15) is 0 Å². The third-order valence-corrected chi connectivity index (χ3v) is 5.92. The second-order valence-electron chi connectivity index (χ2n) is 8.94. The number of rotatable bonds is 20. The summed E-state index contributed by atoms with van der Waals surface area (Å²) in [5.74, 6) is 0.154. The molecule has 178 valence electrons. The first-order valence-electron chi connectivity index (χ1n) is 13.1. The third kappa shape index (κ3) is 17.6. The molecule has 0 fully saturated rings. The van der Waals surface area contributed by atoms with E-state index in [1.807, 2.05) is 0 Å². The molecule has 0 aliphatic heterocycles. The summed E-state index contributed by atoms with van der Waals surface area (Å²) in [5.41, 5.74) is 0.607. The lowest BCUT2D eigenvalue weighted by Gasteiger charge is -2.08. The van der Waals surface area contributed by atoms with Gasteiger partial charge in [0.15, 0.2) is 0 Å². The highest BCUT2D eigenvalue weighted by Crippen LogP contribution is 2.16. The van der Waals surface area contributed by atoms with Crippen molar-refractivity contribution in [2.75, 3.05) is 11.9 Å². The smallest absolute Gasteiger partial charge is 0.319 e. The Morgan fingerprint density at radius 1 is 0.710 bits per heavy atom. The number of hydrogen-bond donors (Lipinski definition) is 3. The van der Waals surface area contributed by atoms with E-state index in [2.05, 4.69) is 17.6 Å². The minimum atomic E-state index is -0.211. The van der Waals surface area contributed by atoms with Crippen LogP contribution in [0.2, 0.25) is 0 Å². The van der Waals surface area contributed by atoms with Crippen LogP contribution < -0.4 is 10.6 Å². The molecule has 1 rings (SSSR count). The molecule has 31 heavy (non-hydrogen) atoms. The number of urea groups is 1. The van der Waals surface area contributed by atoms with Gasteiger partial charge >= 0.3 is 6.03 Å². The van der Waals surface area contributed by atoms with Crippen LogP contribution in [0.15, 0.2) is 24.3 Å². The molecule has 1 aromatic rings. The van der Waals surface area contributed by atoms with Gasteiger partial charge in [0.2, 0.25) is 0 Å². The number of hydrogen-bond acceptors (Lipinski definition) is 2. The highest BCUT2D eigenvalue weighted by Gasteiger charge is 2.01. The van der Waals surface area contributed by atoms with Crippen LogP contribution >= 0.6 is 0 Å². The normalized spacial score (nSPS) is 10.9. The quantitative estimate of drug-likeness (QED) is 0.181. The number of benzene rings is 1. The van der Waals surface area contributed by atoms with E-state index < -0.39 is 0 Å². The lowest BCUT2D eigenvalue weighted by Crippen LogP contribution is -2.29. The molecule has 0 heterocycles. The van der Waals surface area contributed by atoms with Crippen LogP contribution in [0.5, 0.6) is 5.75 Å². The van der Waals surface area contributed by atoms with Crippen molar-refractivity contribution in [3.8, 4) is 5.75 Å². The summed E-state index contributed by atoms with van der Waals surface area (Å²) in [4.78, 5) is 11.8. The van der Waals surface area contributed by atoms with Crippen molar-refractivity contribution in [3.63, 3.8) is 0 Å². The molecule has 0 radical (unpaired) electrons. The number of carbonyl (C=O) groups excluding carboxylic acids is 1. The summed E-state index contributed by atoms with van der Waals surface area (Å²) in [6.07, 6.45) is 24.6. The summed E-state index contributed by atoms with van der Waals surface area (Å²) in [6.45, 7) is 2.98. The summed E-state index contributed by atoms with van der Waals surface area (Å²) < 4.78 is 0. The highest BCUT2D eigenvalue weighted by molar-refractivity contribution is 5.89. The Balaban J connectivity index is 1.75. The van der Waals surface area contributed by atoms with Crippen molar-refractivity contribution in [1.82, 2.24) is 5.32 Å². The molecule has 1 aromatic carbocycles. The third-order valence-electron chi connectivity index (χ3n) is 5.92. The van der Waals surface area contributed by atoms with Crippen LogP contribution in [0.3, 0.4) is 0 Å². The first-order chi connectivity index (χ1) is 15.2. The molecule has 4 heteroatoms. The van der Waals surface area contributed by atoms with Crippen LogP contribution in [0, 0.1) is 0 Å². The van der Waals surface area contributed by atoms with Crippen LogP contribution in [0.25, 0.3) is 0 Å². The molecule has 0 saturated carbocycles. The van der Waals surface area contributed by atoms with E-state index in [1.54, 1.807) is 18.2 Å². The number of carbonyl (C=O) groups is 1. The highest BCUT2D eigenvalue weighted by atomic mass is 16.3. The Morgan fingerprint density at radius 2 is 1.16 bits per heavy atom. The molecule has 0 saturated heterocycles. The van der Waals surface area contributed by atoms with Gasteiger partial charge < -0.3 is 15.7 Å². The monoisotopic (exact) mass is 432 g/mol. The Morgan fingerprint density at radius 3 is 1.61 bits per heavy atom. The number of amides is 2. The van der Waals surface area contributed by atoms with Gasteiger partial charge in [0.1, 0.15) is 5.75 Å². The summed E-state index contributed by atoms with van der Waals surface area (Å²) in [5, 5.41) is 15.0. The standard InChI is InChI=1S/C27H48N2O2/c1-2-3-4-5-6-7-8-9-10-11-12-13-14-15-16-17-18-19-23-28-27(31)29-25-21-20-22-26(30)24-25/h20-22,24,30H,2-19,23H2,1H3,(H2,28,29,31). The molecule has 3 N–H and O–H groups in total. The molecule has 2 amide bonds. The average molecular weight is 433 g/mol. The molecular weight excluding hydrogens is 384 g/mol. The first-order valence-corrected chi connectivity index (χ1v) is 13.1. The first kappa shape index (κ1) is 27.3. The Hall–Kier alpha value is -1.71. The van der Waals surface area contributed by atoms with Crippen molar-refractivity contribution in [2.45, 2.75) is 122 Å². The van der Waals surface area contributed by atoms with Crippen LogP contribution in [-0.2, 0) is 0 Å². The number of phenolic OH excluding ortho intramolecular Hbond substituents is 1. The Kier molecular flexibility index (Phi) is 17.8. The number of nitrogens with one attached hydrogen (secondary N) is 2. The second kappa shape index (κ2) is 20.2. The Bertz CT molecular complexity index is 548. The molecule has 0 aliphatic carbocycles. The van der Waals surface area contributed by atoms with Crippen molar-refractivity contribution in [3.05, 3.63) is 24.3 Å². The minimum Gasteiger partial charge on any atom is -0.508 e. The van der Waals surface area contributed by atoms with E-state index in [0.717, 1.165) is 6.42 Å². The Labute approximate surface area is 191 Å². The fraction of sp³-hybridized carbons (Fsp3) is 0.741. The van der Waals surface area contributed by atoms with Gasteiger partial charge in [0.25, 0.3) is 0 Å². The van der Waals surface area contributed by atoms with E-state index in [0.29, 0.717) is 12.2 Å². The maximum Gasteiger partial charge on any atom is 0.319 e.